The number of aromatic nitrogens is 1. The molecule has 4 nitrogen and oxygen atoms in total. The molecule has 0 bridgehead atoms. The van der Waals surface area contributed by atoms with E-state index in [1.54, 1.807) is 28.7 Å². The van der Waals surface area contributed by atoms with Crippen molar-refractivity contribution in [3.63, 3.8) is 0 Å². The Hall–Kier alpha value is -2.25. The molecule has 0 spiro atoms. The molecule has 1 N–H and O–H groups in total. The number of hydrogen-bond acceptors (Lipinski definition) is 5. The van der Waals surface area contributed by atoms with Gasteiger partial charge in [0.2, 0.25) is 0 Å². The fourth-order valence-electron chi connectivity index (χ4n) is 2.33. The Bertz CT molecular complexity index is 889. The first-order chi connectivity index (χ1) is 12.1. The van der Waals surface area contributed by atoms with Crippen molar-refractivity contribution in [3.05, 3.63) is 57.0 Å². The summed E-state index contributed by atoms with van der Waals surface area (Å²) in [4.78, 5) is 18.8. The molecule has 2 heterocycles. The molecule has 0 saturated carbocycles. The van der Waals surface area contributed by atoms with E-state index >= 15 is 0 Å². The van der Waals surface area contributed by atoms with Crippen molar-refractivity contribution in [2.24, 2.45) is 0 Å². The molecule has 2 aromatic heterocycles. The van der Waals surface area contributed by atoms with Crippen LogP contribution >= 0.6 is 22.7 Å². The second-order valence-corrected chi connectivity index (χ2v) is 7.60. The number of carbonyl (C=O) groups is 1. The van der Waals surface area contributed by atoms with Crippen LogP contribution in [0.15, 0.2) is 35.7 Å². The van der Waals surface area contributed by atoms with Crippen LogP contribution in [0.5, 0.6) is 5.75 Å². The van der Waals surface area contributed by atoms with Crippen molar-refractivity contribution in [3.8, 4) is 16.3 Å². The van der Waals surface area contributed by atoms with Crippen molar-refractivity contribution >= 4 is 28.6 Å². The number of thiazole rings is 1. The second-order valence-electron chi connectivity index (χ2n) is 5.37. The zero-order valence-electron chi connectivity index (χ0n) is 13.8. The maximum atomic E-state index is 13.9. The Balaban J connectivity index is 1.56. The summed E-state index contributed by atoms with van der Waals surface area (Å²) in [6.45, 7) is 2.43. The number of ether oxygens (including phenoxy) is 1. The third-order valence-electron chi connectivity index (χ3n) is 3.61. The van der Waals surface area contributed by atoms with Crippen LogP contribution in [0.25, 0.3) is 10.6 Å². The summed E-state index contributed by atoms with van der Waals surface area (Å²) in [5.41, 5.74) is 1.01. The highest BCUT2D eigenvalue weighted by atomic mass is 32.1. The minimum Gasteiger partial charge on any atom is -0.497 e. The zero-order chi connectivity index (χ0) is 17.8. The standard InChI is InChI=1S/C18H17FN2O2S2/c1-11-21-16(10-24-11)17-6-4-13(25-17)7-8-20-18(22)14-5-3-12(23-2)9-15(14)19/h3-6,9-10H,7-8H2,1-2H3,(H,20,22). The molecule has 0 radical (unpaired) electrons. The first kappa shape index (κ1) is 17.6. The zero-order valence-corrected chi connectivity index (χ0v) is 15.5. The van der Waals surface area contributed by atoms with Crippen LogP contribution in [0.2, 0.25) is 0 Å². The van der Waals surface area contributed by atoms with Crippen LogP contribution < -0.4 is 10.1 Å². The fourth-order valence-corrected chi connectivity index (χ4v) is 3.98. The lowest BCUT2D eigenvalue weighted by Crippen LogP contribution is -2.26. The van der Waals surface area contributed by atoms with E-state index < -0.39 is 11.7 Å². The molecule has 1 amide bonds. The summed E-state index contributed by atoms with van der Waals surface area (Å²) in [7, 11) is 1.46. The maximum absolute atomic E-state index is 13.9. The number of thiophene rings is 1. The number of hydrogen-bond donors (Lipinski definition) is 1. The SMILES string of the molecule is COc1ccc(C(=O)NCCc2ccc(-c3csc(C)n3)s2)c(F)c1. The minimum atomic E-state index is -0.589. The fraction of sp³-hybridized carbons (Fsp3) is 0.222. The van der Waals surface area contributed by atoms with E-state index in [1.807, 2.05) is 24.4 Å². The summed E-state index contributed by atoms with van der Waals surface area (Å²) in [5.74, 6) is -0.626. The quantitative estimate of drug-likeness (QED) is 0.698. The molecule has 0 aliphatic rings. The number of nitrogens with one attached hydrogen (secondary N) is 1. The molecule has 7 heteroatoms. The van der Waals surface area contributed by atoms with Gasteiger partial charge in [0.05, 0.1) is 28.3 Å². The van der Waals surface area contributed by atoms with E-state index in [-0.39, 0.29) is 5.56 Å². The van der Waals surface area contributed by atoms with Gasteiger partial charge < -0.3 is 10.1 Å². The van der Waals surface area contributed by atoms with E-state index in [9.17, 15) is 9.18 Å². The number of benzene rings is 1. The van der Waals surface area contributed by atoms with E-state index in [0.29, 0.717) is 18.7 Å². The predicted octanol–water partition coefficient (Wildman–Crippen LogP) is 4.30. The summed E-state index contributed by atoms with van der Waals surface area (Å²) < 4.78 is 18.8. The highest BCUT2D eigenvalue weighted by Crippen LogP contribution is 2.29. The van der Waals surface area contributed by atoms with Gasteiger partial charge in [0.25, 0.3) is 5.91 Å². The van der Waals surface area contributed by atoms with Crippen molar-refractivity contribution in [2.75, 3.05) is 13.7 Å². The molecular formula is C18H17FN2O2S2. The van der Waals surface area contributed by atoms with Gasteiger partial charge in [0.1, 0.15) is 11.6 Å². The van der Waals surface area contributed by atoms with Gasteiger partial charge >= 0.3 is 0 Å². The van der Waals surface area contributed by atoms with Crippen LogP contribution in [-0.4, -0.2) is 24.5 Å². The molecule has 0 atom stereocenters. The Labute approximate surface area is 153 Å². The van der Waals surface area contributed by atoms with Crippen LogP contribution in [0.1, 0.15) is 20.2 Å². The average Bonchev–Trinajstić information content (AvgIpc) is 3.23. The summed E-state index contributed by atoms with van der Waals surface area (Å²) >= 11 is 3.28. The van der Waals surface area contributed by atoms with Gasteiger partial charge in [-0.2, -0.15) is 0 Å². The second kappa shape index (κ2) is 7.76. The minimum absolute atomic E-state index is 0.0191. The highest BCUT2D eigenvalue weighted by molar-refractivity contribution is 7.16. The summed E-state index contributed by atoms with van der Waals surface area (Å²) in [6, 6.07) is 8.28. The molecule has 1 aromatic carbocycles. The highest BCUT2D eigenvalue weighted by Gasteiger charge is 2.12. The lowest BCUT2D eigenvalue weighted by Gasteiger charge is -2.07. The monoisotopic (exact) mass is 376 g/mol. The Kier molecular flexibility index (Phi) is 5.45. The maximum Gasteiger partial charge on any atom is 0.254 e. The number of rotatable bonds is 6. The van der Waals surface area contributed by atoms with Crippen LogP contribution in [0.4, 0.5) is 4.39 Å². The molecule has 0 unspecified atom stereocenters. The molecule has 3 aromatic rings. The third kappa shape index (κ3) is 4.24. The smallest absolute Gasteiger partial charge is 0.254 e. The third-order valence-corrected chi connectivity index (χ3v) is 5.55. The van der Waals surface area contributed by atoms with Crippen molar-refractivity contribution in [1.82, 2.24) is 10.3 Å². The van der Waals surface area contributed by atoms with Gasteiger partial charge in [-0.05, 0) is 37.6 Å². The van der Waals surface area contributed by atoms with E-state index in [1.165, 1.54) is 19.2 Å². The topological polar surface area (TPSA) is 51.2 Å². The van der Waals surface area contributed by atoms with Crippen molar-refractivity contribution < 1.29 is 13.9 Å². The van der Waals surface area contributed by atoms with Gasteiger partial charge in [0, 0.05) is 22.9 Å². The van der Waals surface area contributed by atoms with Gasteiger partial charge in [0.15, 0.2) is 0 Å². The number of halogens is 1. The molecule has 25 heavy (non-hydrogen) atoms. The predicted molar refractivity (Wildman–Crippen MR) is 99.2 cm³/mol. The molecule has 0 saturated heterocycles. The van der Waals surface area contributed by atoms with Gasteiger partial charge in [-0.3, -0.25) is 4.79 Å². The number of methoxy groups -OCH3 is 1. The number of aryl methyl sites for hydroxylation is 1. The van der Waals surface area contributed by atoms with Gasteiger partial charge in [-0.1, -0.05) is 0 Å². The van der Waals surface area contributed by atoms with E-state index in [0.717, 1.165) is 20.5 Å². The molecule has 3 rings (SSSR count). The van der Waals surface area contributed by atoms with Crippen LogP contribution in [0.3, 0.4) is 0 Å². The Morgan fingerprint density at radius 2 is 2.16 bits per heavy atom. The Morgan fingerprint density at radius 1 is 1.32 bits per heavy atom. The number of carbonyl (C=O) groups excluding carboxylic acids is 1. The summed E-state index contributed by atoms with van der Waals surface area (Å²) in [5, 5.41) is 5.83. The largest absolute Gasteiger partial charge is 0.497 e. The molecule has 0 aliphatic carbocycles. The molecular weight excluding hydrogens is 359 g/mol. The van der Waals surface area contributed by atoms with E-state index in [2.05, 4.69) is 10.3 Å². The average molecular weight is 376 g/mol. The van der Waals surface area contributed by atoms with Gasteiger partial charge in [-0.15, -0.1) is 22.7 Å². The first-order valence-electron chi connectivity index (χ1n) is 7.70. The van der Waals surface area contributed by atoms with Crippen molar-refractivity contribution in [1.29, 1.82) is 0 Å². The van der Waals surface area contributed by atoms with Crippen molar-refractivity contribution in [2.45, 2.75) is 13.3 Å². The lowest BCUT2D eigenvalue weighted by molar-refractivity contribution is 0.0950. The molecule has 130 valence electrons. The molecule has 0 fully saturated rings. The van der Waals surface area contributed by atoms with E-state index in [4.69, 9.17) is 4.74 Å². The first-order valence-corrected chi connectivity index (χ1v) is 9.39. The molecule has 0 aliphatic heterocycles. The van der Waals surface area contributed by atoms with Crippen LogP contribution in [-0.2, 0) is 6.42 Å². The Morgan fingerprint density at radius 3 is 2.84 bits per heavy atom. The number of amides is 1. The lowest BCUT2D eigenvalue weighted by atomic mass is 10.2. The van der Waals surface area contributed by atoms with Gasteiger partial charge in [-0.25, -0.2) is 9.37 Å². The summed E-state index contributed by atoms with van der Waals surface area (Å²) in [6.07, 6.45) is 0.692. The van der Waals surface area contributed by atoms with Crippen LogP contribution in [0, 0.1) is 12.7 Å². The normalized spacial score (nSPS) is 10.7. The number of nitrogens with zero attached hydrogens (tertiary/aromatic N) is 1.